The van der Waals surface area contributed by atoms with Gasteiger partial charge in [-0.1, -0.05) is 5.16 Å². The van der Waals surface area contributed by atoms with Crippen LogP contribution in [0.2, 0.25) is 0 Å². The summed E-state index contributed by atoms with van der Waals surface area (Å²) in [5.41, 5.74) is 1.63. The second-order valence-corrected chi connectivity index (χ2v) is 7.38. The Labute approximate surface area is 162 Å². The number of carbonyl (C=O) groups excluding carboxylic acids is 2. The zero-order valence-electron chi connectivity index (χ0n) is 16.1. The van der Waals surface area contributed by atoms with Gasteiger partial charge in [0.15, 0.2) is 5.60 Å². The van der Waals surface area contributed by atoms with E-state index in [2.05, 4.69) is 15.5 Å². The fraction of sp³-hybridized carbons (Fsp3) is 0.400. The third-order valence-corrected chi connectivity index (χ3v) is 5.23. The van der Waals surface area contributed by atoms with Crippen LogP contribution in [0.4, 0.5) is 5.69 Å². The number of furan rings is 1. The second-order valence-electron chi connectivity index (χ2n) is 7.38. The Hall–Kier alpha value is -3.16. The lowest BCUT2D eigenvalue weighted by atomic mass is 9.96. The average molecular weight is 382 g/mol. The number of anilines is 1. The highest BCUT2D eigenvalue weighted by Gasteiger charge is 2.48. The standard InChI is InChI=1S/C20H22N4O4/c1-12-9-15(14(3)27-12)19(26)24-8-6-20(11-24)10-17(23-28-20)18(25)22-16-5-4-7-21-13(16)2/h4-5,7,9H,6,8,10-11H2,1-3H3,(H,22,25)/t20-/m0/s1. The van der Waals surface area contributed by atoms with Gasteiger partial charge >= 0.3 is 0 Å². The van der Waals surface area contributed by atoms with Gasteiger partial charge in [0.2, 0.25) is 0 Å². The highest BCUT2D eigenvalue weighted by Crippen LogP contribution is 2.35. The first kappa shape index (κ1) is 18.2. The van der Waals surface area contributed by atoms with Gasteiger partial charge in [-0.3, -0.25) is 14.6 Å². The lowest BCUT2D eigenvalue weighted by Gasteiger charge is -2.21. The molecule has 4 heterocycles. The Kier molecular flexibility index (Phi) is 4.41. The van der Waals surface area contributed by atoms with Crippen molar-refractivity contribution in [3.8, 4) is 0 Å². The van der Waals surface area contributed by atoms with E-state index in [-0.39, 0.29) is 11.8 Å². The Morgan fingerprint density at radius 1 is 1.29 bits per heavy atom. The number of hydrogen-bond acceptors (Lipinski definition) is 6. The summed E-state index contributed by atoms with van der Waals surface area (Å²) in [6, 6.07) is 5.30. The molecule has 2 aliphatic rings. The lowest BCUT2D eigenvalue weighted by molar-refractivity contribution is -0.110. The smallest absolute Gasteiger partial charge is 0.273 e. The normalized spacial score (nSPS) is 21.0. The van der Waals surface area contributed by atoms with Gasteiger partial charge in [-0.15, -0.1) is 0 Å². The third-order valence-electron chi connectivity index (χ3n) is 5.23. The summed E-state index contributed by atoms with van der Waals surface area (Å²) in [6.07, 6.45) is 2.66. The van der Waals surface area contributed by atoms with Crippen molar-refractivity contribution in [1.29, 1.82) is 0 Å². The number of nitrogens with zero attached hydrogens (tertiary/aromatic N) is 3. The van der Waals surface area contributed by atoms with Gasteiger partial charge in [-0.25, -0.2) is 0 Å². The maximum absolute atomic E-state index is 12.8. The van der Waals surface area contributed by atoms with Crippen LogP contribution in [0.15, 0.2) is 34.0 Å². The summed E-state index contributed by atoms with van der Waals surface area (Å²) in [5.74, 6) is 0.927. The molecule has 0 unspecified atom stereocenters. The van der Waals surface area contributed by atoms with Gasteiger partial charge < -0.3 is 19.5 Å². The van der Waals surface area contributed by atoms with Crippen molar-refractivity contribution in [2.75, 3.05) is 18.4 Å². The molecule has 0 aliphatic carbocycles. The van der Waals surface area contributed by atoms with Crippen molar-refractivity contribution < 1.29 is 18.8 Å². The molecular weight excluding hydrogens is 360 g/mol. The van der Waals surface area contributed by atoms with Crippen LogP contribution in [0.1, 0.15) is 40.4 Å². The maximum atomic E-state index is 12.8. The summed E-state index contributed by atoms with van der Waals surface area (Å²) in [7, 11) is 0. The summed E-state index contributed by atoms with van der Waals surface area (Å²) < 4.78 is 5.47. The molecule has 2 amide bonds. The molecule has 0 radical (unpaired) electrons. The van der Waals surface area contributed by atoms with Crippen LogP contribution < -0.4 is 5.32 Å². The molecular formula is C20H22N4O4. The predicted molar refractivity (Wildman–Crippen MR) is 102 cm³/mol. The van der Waals surface area contributed by atoms with Crippen LogP contribution >= 0.6 is 0 Å². The number of aromatic nitrogens is 1. The van der Waals surface area contributed by atoms with Crippen molar-refractivity contribution in [1.82, 2.24) is 9.88 Å². The number of hydrogen-bond donors (Lipinski definition) is 1. The van der Waals surface area contributed by atoms with Gasteiger partial charge in [0.05, 0.1) is 23.5 Å². The summed E-state index contributed by atoms with van der Waals surface area (Å²) in [4.78, 5) is 36.9. The number of pyridine rings is 1. The fourth-order valence-corrected chi connectivity index (χ4v) is 3.70. The zero-order valence-corrected chi connectivity index (χ0v) is 16.1. The van der Waals surface area contributed by atoms with Crippen LogP contribution in [0.25, 0.3) is 0 Å². The third kappa shape index (κ3) is 3.26. The van der Waals surface area contributed by atoms with Gasteiger partial charge in [0, 0.05) is 25.6 Å². The predicted octanol–water partition coefficient (Wildman–Crippen LogP) is 2.60. The molecule has 2 aliphatic heterocycles. The van der Waals surface area contributed by atoms with Gasteiger partial charge in [0.1, 0.15) is 17.2 Å². The molecule has 1 N–H and O–H groups in total. The van der Waals surface area contributed by atoms with Crippen LogP contribution in [0, 0.1) is 20.8 Å². The molecule has 1 atom stereocenters. The van der Waals surface area contributed by atoms with E-state index in [1.807, 2.05) is 13.8 Å². The molecule has 4 rings (SSSR count). The monoisotopic (exact) mass is 382 g/mol. The first-order valence-electron chi connectivity index (χ1n) is 9.21. The van der Waals surface area contributed by atoms with Crippen LogP contribution in [0.5, 0.6) is 0 Å². The van der Waals surface area contributed by atoms with Crippen molar-refractivity contribution in [3.05, 3.63) is 47.2 Å². The number of oxime groups is 1. The van der Waals surface area contributed by atoms with E-state index < -0.39 is 5.60 Å². The Bertz CT molecular complexity index is 980. The number of aryl methyl sites for hydroxylation is 3. The molecule has 2 aromatic heterocycles. The minimum absolute atomic E-state index is 0.0845. The number of carbonyl (C=O) groups is 2. The Morgan fingerprint density at radius 3 is 2.82 bits per heavy atom. The van der Waals surface area contributed by atoms with Gasteiger partial charge in [-0.2, -0.15) is 0 Å². The molecule has 8 nitrogen and oxygen atoms in total. The van der Waals surface area contributed by atoms with Crippen molar-refractivity contribution in [3.63, 3.8) is 0 Å². The quantitative estimate of drug-likeness (QED) is 0.880. The molecule has 1 saturated heterocycles. The molecule has 8 heteroatoms. The Morgan fingerprint density at radius 2 is 2.11 bits per heavy atom. The number of likely N-dealkylation sites (tertiary alicyclic amines) is 1. The first-order chi connectivity index (χ1) is 13.4. The molecule has 1 fully saturated rings. The molecule has 0 bridgehead atoms. The Balaban J connectivity index is 1.41. The summed E-state index contributed by atoms with van der Waals surface area (Å²) >= 11 is 0. The highest BCUT2D eigenvalue weighted by atomic mass is 16.7. The van der Waals surface area contributed by atoms with E-state index >= 15 is 0 Å². The molecule has 0 saturated carbocycles. The molecule has 28 heavy (non-hydrogen) atoms. The van der Waals surface area contributed by atoms with Crippen molar-refractivity contribution in [2.24, 2.45) is 5.16 Å². The molecule has 2 aromatic rings. The summed E-state index contributed by atoms with van der Waals surface area (Å²) in [5, 5.41) is 6.84. The zero-order chi connectivity index (χ0) is 19.9. The van der Waals surface area contributed by atoms with E-state index in [4.69, 9.17) is 9.25 Å². The lowest BCUT2D eigenvalue weighted by Crippen LogP contribution is -2.37. The number of rotatable bonds is 3. The van der Waals surface area contributed by atoms with E-state index in [1.165, 1.54) is 0 Å². The van der Waals surface area contributed by atoms with Gasteiger partial charge in [0.25, 0.3) is 11.8 Å². The van der Waals surface area contributed by atoms with E-state index in [0.29, 0.717) is 54.4 Å². The first-order valence-corrected chi connectivity index (χ1v) is 9.21. The number of amides is 2. The van der Waals surface area contributed by atoms with Crippen molar-refractivity contribution >= 4 is 23.2 Å². The number of nitrogens with one attached hydrogen (secondary N) is 1. The fourth-order valence-electron chi connectivity index (χ4n) is 3.70. The molecule has 0 aromatic carbocycles. The van der Waals surface area contributed by atoms with Crippen LogP contribution in [-0.2, 0) is 9.63 Å². The van der Waals surface area contributed by atoms with Crippen LogP contribution in [-0.4, -0.2) is 46.1 Å². The second kappa shape index (κ2) is 6.78. The minimum Gasteiger partial charge on any atom is -0.466 e. The largest absolute Gasteiger partial charge is 0.466 e. The highest BCUT2D eigenvalue weighted by molar-refractivity contribution is 6.43. The minimum atomic E-state index is -0.640. The molecule has 1 spiro atoms. The van der Waals surface area contributed by atoms with Crippen LogP contribution in [0.3, 0.4) is 0 Å². The van der Waals surface area contributed by atoms with E-state index in [0.717, 1.165) is 5.69 Å². The average Bonchev–Trinajstić information content (AvgIpc) is 3.36. The maximum Gasteiger partial charge on any atom is 0.273 e. The van der Waals surface area contributed by atoms with Crippen molar-refractivity contribution in [2.45, 2.75) is 39.2 Å². The van der Waals surface area contributed by atoms with E-state index in [9.17, 15) is 9.59 Å². The van der Waals surface area contributed by atoms with Gasteiger partial charge in [-0.05, 0) is 39.0 Å². The van der Waals surface area contributed by atoms with E-state index in [1.54, 1.807) is 36.2 Å². The summed E-state index contributed by atoms with van der Waals surface area (Å²) in [6.45, 7) is 6.36. The molecule has 146 valence electrons. The topological polar surface area (TPSA) is 97.0 Å². The SMILES string of the molecule is Cc1cc(C(=O)N2CC[C@]3(CC(C(=O)Nc4cccnc4C)=NO3)C2)c(C)o1.